The summed E-state index contributed by atoms with van der Waals surface area (Å²) in [4.78, 5) is 67.9. The van der Waals surface area contributed by atoms with Crippen molar-refractivity contribution in [3.8, 4) is 0 Å². The van der Waals surface area contributed by atoms with Crippen molar-refractivity contribution in [2.45, 2.75) is 111 Å². The first-order valence-corrected chi connectivity index (χ1v) is 24.3. The van der Waals surface area contributed by atoms with E-state index in [1.807, 2.05) is 26.0 Å². The molecule has 14 nitrogen and oxygen atoms in total. The number of fused-ring (bicyclic) bond motifs is 11. The molecule has 2 saturated carbocycles. The van der Waals surface area contributed by atoms with Crippen LogP contribution in [-0.4, -0.2) is 43.1 Å². The van der Waals surface area contributed by atoms with E-state index in [4.69, 9.17) is 54.3 Å². The standard InChI is InChI=1S/C31H32N6.C21H20O4.C6H10N4/c1-15-16(2)35-24-9-19-17(7-23(24)34-15)29(3,4)13-31(19)14-30(5,6)18-8-25-26(10-20(18)31)37-28-12-22(33)21(32)11-27(28)36-25;1-19(2)9-21(13-7-17(24)15(22)5-11(13)19)10-20(3,4)12-6-16(23)18(25)8-14(12)21;7-3-1-4(8)6(10)2-5(3)9/h7-12H,13-14,32-33H2,1-6H3;5-8H,9-10H2,1-4H3;1-2H,7-10H2. The van der Waals surface area contributed by atoms with Gasteiger partial charge in [0.15, 0.2) is 0 Å². The Morgan fingerprint density at radius 3 is 0.944 bits per heavy atom. The van der Waals surface area contributed by atoms with Crippen LogP contribution in [0.5, 0.6) is 0 Å². The molecule has 368 valence electrons. The molecule has 12 N–H and O–H groups in total. The van der Waals surface area contributed by atoms with Crippen molar-refractivity contribution in [2.24, 2.45) is 16.2 Å². The van der Waals surface area contributed by atoms with Crippen molar-refractivity contribution < 1.29 is 19.2 Å². The molecule has 2 heterocycles. The zero-order valence-electron chi connectivity index (χ0n) is 42.6. The molecule has 1 unspecified atom stereocenters. The fourth-order valence-electron chi connectivity index (χ4n) is 13.3. The number of hydrogen-bond donors (Lipinski definition) is 6. The van der Waals surface area contributed by atoms with E-state index in [0.717, 1.165) is 79.6 Å². The molecule has 6 aliphatic carbocycles. The minimum Gasteiger partial charge on any atom is -0.397 e. The van der Waals surface area contributed by atoms with Crippen molar-refractivity contribution in [1.29, 1.82) is 0 Å². The number of rotatable bonds is 0. The molecule has 0 amide bonds. The maximum absolute atomic E-state index is 12.1. The van der Waals surface area contributed by atoms with Gasteiger partial charge >= 0.3 is 0 Å². The summed E-state index contributed by atoms with van der Waals surface area (Å²) in [7, 11) is 0. The fourth-order valence-corrected chi connectivity index (χ4v) is 13.3. The monoisotopic (exact) mass is 962 g/mol. The molecule has 0 saturated heterocycles. The molecule has 0 radical (unpaired) electrons. The van der Waals surface area contributed by atoms with Crippen LogP contribution >= 0.6 is 0 Å². The number of aromatic nitrogens is 4. The van der Waals surface area contributed by atoms with Crippen LogP contribution in [-0.2, 0) is 35.4 Å². The van der Waals surface area contributed by atoms with Crippen LogP contribution in [0.1, 0.15) is 115 Å². The third-order valence-corrected chi connectivity index (χ3v) is 16.4. The summed E-state index contributed by atoms with van der Waals surface area (Å²) in [6.45, 7) is 21.8. The lowest BCUT2D eigenvalue weighted by molar-refractivity contribution is -0.131. The molecule has 14 heteroatoms. The number of aryl methyl sites for hydroxylation is 2. The highest BCUT2D eigenvalue weighted by atomic mass is 16.2. The third kappa shape index (κ3) is 7.19. The first-order chi connectivity index (χ1) is 33.5. The smallest absolute Gasteiger partial charge is 0.226 e. The number of carbonyl (C=O) groups is 4. The summed E-state index contributed by atoms with van der Waals surface area (Å²) >= 11 is 0. The summed E-state index contributed by atoms with van der Waals surface area (Å²) in [5, 5.41) is 0. The zero-order valence-corrected chi connectivity index (χ0v) is 42.6. The van der Waals surface area contributed by atoms with Crippen LogP contribution < -0.4 is 34.4 Å². The Labute approximate surface area is 418 Å². The second-order valence-electron chi connectivity index (χ2n) is 23.6. The molecular formula is C58H62N10O4. The normalized spacial score (nSPS) is 22.1. The molecule has 12 rings (SSSR count). The quantitative estimate of drug-likeness (QED) is 0.0359. The summed E-state index contributed by atoms with van der Waals surface area (Å²) in [6.07, 6.45) is 9.37. The number of nitrogens with two attached hydrogens (primary N) is 6. The van der Waals surface area contributed by atoms with E-state index in [1.54, 1.807) is 12.1 Å². The molecule has 0 aliphatic heterocycles. The lowest BCUT2D eigenvalue weighted by atomic mass is 9.72. The fraction of sp³-hybridized carbons (Fsp3) is 0.345. The largest absolute Gasteiger partial charge is 0.397 e. The predicted octanol–water partition coefficient (Wildman–Crippen LogP) is 9.01. The lowest BCUT2D eigenvalue weighted by Gasteiger charge is -2.30. The Morgan fingerprint density at radius 1 is 0.333 bits per heavy atom. The predicted molar refractivity (Wildman–Crippen MR) is 287 cm³/mol. The van der Waals surface area contributed by atoms with Crippen molar-refractivity contribution in [3.63, 3.8) is 0 Å². The molecule has 0 bridgehead atoms. The van der Waals surface area contributed by atoms with Gasteiger partial charge < -0.3 is 34.4 Å². The van der Waals surface area contributed by atoms with Gasteiger partial charge in [-0.25, -0.2) is 19.9 Å². The van der Waals surface area contributed by atoms with Crippen LogP contribution in [0, 0.1) is 30.1 Å². The minimum atomic E-state index is -0.509. The van der Waals surface area contributed by atoms with Gasteiger partial charge in [-0.1, -0.05) is 55.4 Å². The van der Waals surface area contributed by atoms with Crippen LogP contribution in [0.25, 0.3) is 33.1 Å². The number of carbonyl (C=O) groups excluding carboxylic acids is 4. The molecular weight excluding hydrogens is 901 g/mol. The highest BCUT2D eigenvalue weighted by Gasteiger charge is 2.62. The van der Waals surface area contributed by atoms with Gasteiger partial charge in [0.2, 0.25) is 23.1 Å². The SMILES string of the molecule is CC1(C)CC2(CC(C)(C)C3=CC(=O)C(=O)C=C32)C2=CC(=O)C(=O)C=C21.Cc1nc2cc3c(cc2nc1C)C1(CC3(C)C)CC(C)(C)c2cc3nc4cc(N)c(N)cc4nc3cc21.Nc1cc(N)c(N)cc1N. The van der Waals surface area contributed by atoms with E-state index >= 15 is 0 Å². The van der Waals surface area contributed by atoms with Crippen LogP contribution in [0.3, 0.4) is 0 Å². The molecule has 2 spiro atoms. The molecule has 2 fully saturated rings. The van der Waals surface area contributed by atoms with Gasteiger partial charge in [0, 0.05) is 10.8 Å². The summed E-state index contributed by atoms with van der Waals surface area (Å²) in [6, 6.07) is 15.9. The Bertz CT molecular complexity index is 3540. The van der Waals surface area contributed by atoms with Crippen molar-refractivity contribution in [1.82, 2.24) is 19.9 Å². The number of anilines is 6. The number of ketones is 4. The Morgan fingerprint density at radius 2 is 0.597 bits per heavy atom. The Hall–Kier alpha value is -7.74. The second kappa shape index (κ2) is 15.4. The topological polar surface area (TPSA) is 276 Å². The van der Waals surface area contributed by atoms with Crippen LogP contribution in [0.15, 0.2) is 95.1 Å². The van der Waals surface area contributed by atoms with Crippen molar-refractivity contribution >= 4 is 90.4 Å². The lowest BCUT2D eigenvalue weighted by Crippen LogP contribution is -2.27. The second-order valence-corrected chi connectivity index (χ2v) is 23.6. The first-order valence-electron chi connectivity index (χ1n) is 24.3. The first kappa shape index (κ1) is 47.9. The summed E-state index contributed by atoms with van der Waals surface area (Å²) in [5.74, 6) is -1.99. The number of hydrogen-bond acceptors (Lipinski definition) is 14. The number of nitrogens with zero attached hydrogens (tertiary/aromatic N) is 4. The maximum Gasteiger partial charge on any atom is 0.226 e. The van der Waals surface area contributed by atoms with Gasteiger partial charge in [0.1, 0.15) is 0 Å². The molecule has 72 heavy (non-hydrogen) atoms. The van der Waals surface area contributed by atoms with E-state index < -0.39 is 28.5 Å². The number of allylic oxidation sites excluding steroid dienone is 8. The van der Waals surface area contributed by atoms with Gasteiger partial charge in [0.25, 0.3) is 0 Å². The zero-order chi connectivity index (χ0) is 52.2. The Balaban J connectivity index is 0.000000146. The highest BCUT2D eigenvalue weighted by molar-refractivity contribution is 6.48. The van der Waals surface area contributed by atoms with Crippen LogP contribution in [0.2, 0.25) is 0 Å². The summed E-state index contributed by atoms with van der Waals surface area (Å²) in [5.41, 5.74) is 51.9. The van der Waals surface area contributed by atoms with Gasteiger partial charge in [0.05, 0.1) is 78.6 Å². The van der Waals surface area contributed by atoms with Gasteiger partial charge in [-0.05, 0) is 179 Å². The Kier molecular flexibility index (Phi) is 10.2. The van der Waals surface area contributed by atoms with E-state index in [9.17, 15) is 19.2 Å². The molecule has 2 aromatic heterocycles. The van der Waals surface area contributed by atoms with Crippen molar-refractivity contribution in [2.75, 3.05) is 34.4 Å². The third-order valence-electron chi connectivity index (χ3n) is 16.4. The average molecular weight is 963 g/mol. The van der Waals surface area contributed by atoms with Gasteiger partial charge in [-0.15, -0.1) is 0 Å². The van der Waals surface area contributed by atoms with E-state index in [0.29, 0.717) is 47.0 Å². The molecule has 4 aromatic carbocycles. The van der Waals surface area contributed by atoms with Gasteiger partial charge in [-0.2, -0.15) is 0 Å². The minimum absolute atomic E-state index is 0.0116. The summed E-state index contributed by atoms with van der Waals surface area (Å²) < 4.78 is 0. The molecule has 6 aliphatic rings. The molecule has 6 aromatic rings. The maximum atomic E-state index is 12.1. The van der Waals surface area contributed by atoms with E-state index in [-0.39, 0.29) is 27.1 Å². The van der Waals surface area contributed by atoms with E-state index in [2.05, 4.69) is 79.7 Å². The number of benzene rings is 4. The van der Waals surface area contributed by atoms with Gasteiger partial charge in [-0.3, -0.25) is 19.2 Å². The molecule has 1 atom stereocenters. The highest BCUT2D eigenvalue weighted by Crippen LogP contribution is 2.71. The number of nitrogen functional groups attached to an aromatic ring is 6. The average Bonchev–Trinajstić information content (AvgIpc) is 3.81. The van der Waals surface area contributed by atoms with E-state index in [1.165, 1.54) is 46.6 Å². The van der Waals surface area contributed by atoms with Crippen molar-refractivity contribution in [3.05, 3.63) is 129 Å². The van der Waals surface area contributed by atoms with Crippen LogP contribution in [0.4, 0.5) is 34.1 Å².